The summed E-state index contributed by atoms with van der Waals surface area (Å²) in [5, 5.41) is 0. The van der Waals surface area contributed by atoms with E-state index < -0.39 is 0 Å². The van der Waals surface area contributed by atoms with Crippen molar-refractivity contribution >= 4 is 17.3 Å². The van der Waals surface area contributed by atoms with E-state index in [1.807, 2.05) is 23.1 Å². The maximum atomic E-state index is 12.7. The Bertz CT molecular complexity index is 785. The van der Waals surface area contributed by atoms with E-state index in [0.717, 1.165) is 50.7 Å². The number of anilines is 2. The Balaban J connectivity index is 1.52. The molecule has 0 bridgehead atoms. The molecular weight excluding hydrogens is 350 g/mol. The minimum atomic E-state index is 0.241. The van der Waals surface area contributed by atoms with Crippen molar-refractivity contribution in [2.24, 2.45) is 0 Å². The average Bonchev–Trinajstić information content (AvgIpc) is 2.74. The number of piperazine rings is 1. The highest BCUT2D eigenvalue weighted by molar-refractivity contribution is 5.77. The van der Waals surface area contributed by atoms with Gasteiger partial charge in [0.25, 0.3) is 0 Å². The van der Waals surface area contributed by atoms with Crippen LogP contribution in [0.5, 0.6) is 5.75 Å². The smallest absolute Gasteiger partial charge is 0.224 e. The summed E-state index contributed by atoms with van der Waals surface area (Å²) in [4.78, 5) is 19.3. The fourth-order valence-electron chi connectivity index (χ4n) is 3.77. The van der Waals surface area contributed by atoms with E-state index in [4.69, 9.17) is 4.74 Å². The Hall–Kier alpha value is -2.69. The van der Waals surface area contributed by atoms with E-state index in [9.17, 15) is 4.79 Å². The number of rotatable bonds is 7. The Morgan fingerprint density at radius 3 is 2.50 bits per heavy atom. The van der Waals surface area contributed by atoms with Crippen LogP contribution >= 0.6 is 0 Å². The Kier molecular flexibility index (Phi) is 6.80. The van der Waals surface area contributed by atoms with Crippen molar-refractivity contribution in [2.45, 2.75) is 20.3 Å². The summed E-state index contributed by atoms with van der Waals surface area (Å²) in [5.74, 6) is 1.13. The molecule has 1 saturated heterocycles. The monoisotopic (exact) mass is 381 g/mol. The fraction of sp³-hybridized carbons (Fsp3) is 0.435. The van der Waals surface area contributed by atoms with E-state index in [1.165, 1.54) is 11.3 Å². The van der Waals surface area contributed by atoms with Crippen LogP contribution < -0.4 is 14.5 Å². The summed E-state index contributed by atoms with van der Waals surface area (Å²) in [5.41, 5.74) is 3.54. The van der Waals surface area contributed by atoms with E-state index in [2.05, 4.69) is 54.0 Å². The van der Waals surface area contributed by atoms with Gasteiger partial charge in [-0.25, -0.2) is 0 Å². The van der Waals surface area contributed by atoms with E-state index in [0.29, 0.717) is 6.42 Å². The molecule has 2 aromatic rings. The molecule has 150 valence electrons. The van der Waals surface area contributed by atoms with Gasteiger partial charge in [-0.05, 0) is 43.7 Å². The summed E-state index contributed by atoms with van der Waals surface area (Å²) < 4.78 is 5.47. The van der Waals surface area contributed by atoms with Crippen LogP contribution in [0.15, 0.2) is 48.5 Å². The zero-order chi connectivity index (χ0) is 19.9. The molecule has 0 radical (unpaired) electrons. The fourth-order valence-corrected chi connectivity index (χ4v) is 3.77. The van der Waals surface area contributed by atoms with Gasteiger partial charge in [-0.1, -0.05) is 24.3 Å². The molecule has 0 atom stereocenters. The van der Waals surface area contributed by atoms with Crippen LogP contribution in [0.25, 0.3) is 0 Å². The molecule has 1 aliphatic heterocycles. The van der Waals surface area contributed by atoms with Crippen LogP contribution in [0.1, 0.15) is 18.9 Å². The summed E-state index contributed by atoms with van der Waals surface area (Å²) >= 11 is 0. The van der Waals surface area contributed by atoms with Gasteiger partial charge >= 0.3 is 0 Å². The number of aryl methyl sites for hydroxylation is 1. The molecule has 0 N–H and O–H groups in total. The molecule has 1 aliphatic rings. The van der Waals surface area contributed by atoms with Gasteiger partial charge in [0.1, 0.15) is 5.75 Å². The van der Waals surface area contributed by atoms with Gasteiger partial charge in [0.05, 0.1) is 12.8 Å². The number of para-hydroxylation sites is 2. The lowest BCUT2D eigenvalue weighted by molar-refractivity contribution is -0.131. The molecule has 0 aromatic heterocycles. The third-order valence-corrected chi connectivity index (χ3v) is 5.40. The van der Waals surface area contributed by atoms with Crippen LogP contribution in [0.4, 0.5) is 11.4 Å². The first-order valence-corrected chi connectivity index (χ1v) is 10.1. The maximum absolute atomic E-state index is 12.7. The van der Waals surface area contributed by atoms with E-state index >= 15 is 0 Å². The molecular formula is C23H31N3O2. The zero-order valence-corrected chi connectivity index (χ0v) is 17.2. The predicted molar refractivity (Wildman–Crippen MR) is 115 cm³/mol. The highest BCUT2D eigenvalue weighted by Crippen LogP contribution is 2.28. The SMILES string of the molecule is CCN(CCC(=O)N1CCN(c2ccccc2OC)CC1)c1cccc(C)c1. The maximum Gasteiger partial charge on any atom is 0.224 e. The van der Waals surface area contributed by atoms with E-state index in [-0.39, 0.29) is 5.91 Å². The second-order valence-corrected chi connectivity index (χ2v) is 7.21. The van der Waals surface area contributed by atoms with Crippen molar-refractivity contribution in [3.8, 4) is 5.75 Å². The highest BCUT2D eigenvalue weighted by atomic mass is 16.5. The lowest BCUT2D eigenvalue weighted by atomic mass is 10.2. The third-order valence-electron chi connectivity index (χ3n) is 5.40. The standard InChI is InChI=1S/C23H31N3O2/c1-4-24(20-9-7-8-19(2)18-20)13-12-23(27)26-16-14-25(15-17-26)21-10-5-6-11-22(21)28-3/h5-11,18H,4,12-17H2,1-3H3. The highest BCUT2D eigenvalue weighted by Gasteiger charge is 2.23. The summed E-state index contributed by atoms with van der Waals surface area (Å²) in [7, 11) is 1.70. The number of carbonyl (C=O) groups excluding carboxylic acids is 1. The first-order valence-electron chi connectivity index (χ1n) is 10.1. The normalized spacial score (nSPS) is 14.1. The number of methoxy groups -OCH3 is 1. The molecule has 1 fully saturated rings. The van der Waals surface area contributed by atoms with E-state index in [1.54, 1.807) is 7.11 Å². The van der Waals surface area contributed by atoms with Gasteiger partial charge in [0.2, 0.25) is 5.91 Å². The van der Waals surface area contributed by atoms with Crippen LogP contribution in [-0.4, -0.2) is 57.2 Å². The van der Waals surface area contributed by atoms with Crippen LogP contribution in [0.2, 0.25) is 0 Å². The lowest BCUT2D eigenvalue weighted by Gasteiger charge is -2.37. The molecule has 0 unspecified atom stereocenters. The van der Waals surface area contributed by atoms with Crippen molar-refractivity contribution in [3.63, 3.8) is 0 Å². The quantitative estimate of drug-likeness (QED) is 0.735. The molecule has 1 heterocycles. The van der Waals surface area contributed by atoms with Gasteiger partial charge in [-0.3, -0.25) is 4.79 Å². The summed E-state index contributed by atoms with van der Waals surface area (Å²) in [6.45, 7) is 9.08. The predicted octanol–water partition coefficient (Wildman–Crippen LogP) is 3.57. The second kappa shape index (κ2) is 9.49. The summed E-state index contributed by atoms with van der Waals surface area (Å²) in [6.07, 6.45) is 0.552. The van der Waals surface area contributed by atoms with Gasteiger partial charge in [-0.2, -0.15) is 0 Å². The summed E-state index contributed by atoms with van der Waals surface area (Å²) in [6, 6.07) is 16.5. The number of ether oxygens (including phenoxy) is 1. The van der Waals surface area contributed by atoms with Crippen molar-refractivity contribution in [3.05, 3.63) is 54.1 Å². The van der Waals surface area contributed by atoms with Crippen LogP contribution in [0.3, 0.4) is 0 Å². The lowest BCUT2D eigenvalue weighted by Crippen LogP contribution is -2.49. The van der Waals surface area contributed by atoms with Crippen molar-refractivity contribution in [1.82, 2.24) is 4.90 Å². The van der Waals surface area contributed by atoms with Gasteiger partial charge in [0, 0.05) is 51.4 Å². The number of benzene rings is 2. The van der Waals surface area contributed by atoms with Crippen molar-refractivity contribution in [1.29, 1.82) is 0 Å². The number of hydrogen-bond donors (Lipinski definition) is 0. The number of hydrogen-bond acceptors (Lipinski definition) is 4. The number of nitrogens with zero attached hydrogens (tertiary/aromatic N) is 3. The minimum absolute atomic E-state index is 0.241. The van der Waals surface area contributed by atoms with Crippen LogP contribution in [0, 0.1) is 6.92 Å². The molecule has 1 amide bonds. The topological polar surface area (TPSA) is 36.0 Å². The molecule has 5 heteroatoms. The van der Waals surface area contributed by atoms with Crippen molar-refractivity contribution < 1.29 is 9.53 Å². The molecule has 0 saturated carbocycles. The zero-order valence-electron chi connectivity index (χ0n) is 17.2. The Morgan fingerprint density at radius 1 is 1.07 bits per heavy atom. The first kappa shape index (κ1) is 20.1. The van der Waals surface area contributed by atoms with Gasteiger partial charge < -0.3 is 19.4 Å². The minimum Gasteiger partial charge on any atom is -0.495 e. The number of carbonyl (C=O) groups is 1. The average molecular weight is 382 g/mol. The molecule has 5 nitrogen and oxygen atoms in total. The molecule has 0 spiro atoms. The Morgan fingerprint density at radius 2 is 1.82 bits per heavy atom. The second-order valence-electron chi connectivity index (χ2n) is 7.21. The third kappa shape index (κ3) is 4.77. The number of amides is 1. The molecule has 3 rings (SSSR count). The van der Waals surface area contributed by atoms with Crippen molar-refractivity contribution in [2.75, 3.05) is 56.2 Å². The van der Waals surface area contributed by atoms with Crippen LogP contribution in [-0.2, 0) is 4.79 Å². The first-order chi connectivity index (χ1) is 13.6. The Labute approximate surface area is 168 Å². The molecule has 28 heavy (non-hydrogen) atoms. The van der Waals surface area contributed by atoms with Gasteiger partial charge in [-0.15, -0.1) is 0 Å². The van der Waals surface area contributed by atoms with Gasteiger partial charge in [0.15, 0.2) is 0 Å². The molecule has 0 aliphatic carbocycles. The molecule has 2 aromatic carbocycles. The largest absolute Gasteiger partial charge is 0.495 e.